The highest BCUT2D eigenvalue weighted by Crippen LogP contribution is 2.38. The van der Waals surface area contributed by atoms with Gasteiger partial charge >= 0.3 is 0 Å². The van der Waals surface area contributed by atoms with Gasteiger partial charge in [-0.25, -0.2) is 22.8 Å². The Balaban J connectivity index is 1.79. The first-order valence-corrected chi connectivity index (χ1v) is 11.5. The van der Waals surface area contributed by atoms with Crippen molar-refractivity contribution in [2.45, 2.75) is 11.8 Å². The minimum Gasteiger partial charge on any atom is -0.480 e. The number of sulfonamides is 1. The molecule has 3 aromatic heterocycles. The molecule has 0 aliphatic carbocycles. The lowest BCUT2D eigenvalue weighted by Crippen LogP contribution is -2.15. The van der Waals surface area contributed by atoms with Gasteiger partial charge in [-0.1, -0.05) is 29.3 Å². The lowest BCUT2D eigenvalue weighted by atomic mass is 10.1. The second-order valence-electron chi connectivity index (χ2n) is 6.91. The van der Waals surface area contributed by atoms with Crippen LogP contribution in [0.4, 0.5) is 10.1 Å². The zero-order chi connectivity index (χ0) is 23.9. The second kappa shape index (κ2) is 8.62. The number of hydrogen-bond acceptors (Lipinski definition) is 6. The van der Waals surface area contributed by atoms with Crippen LogP contribution in [-0.2, 0) is 10.0 Å². The van der Waals surface area contributed by atoms with Crippen molar-refractivity contribution in [2.24, 2.45) is 0 Å². The van der Waals surface area contributed by atoms with Crippen molar-refractivity contribution in [3.05, 3.63) is 70.6 Å². The molecule has 0 fully saturated rings. The van der Waals surface area contributed by atoms with E-state index in [2.05, 4.69) is 14.7 Å². The third-order valence-corrected chi connectivity index (χ3v) is 6.72. The normalized spacial score (nSPS) is 11.5. The van der Waals surface area contributed by atoms with Crippen LogP contribution in [0, 0.1) is 5.82 Å². The number of carbonyl (C=O) groups is 1. The molecule has 1 aromatic carbocycles. The standard InChI is InChI=1S/C21H15Cl2FN4O4S/c1-11(29)20-16-6-3-12(9-28(16)10-26-20)18-14(24)4-5-15(19(18)23)27-33(30,31)17-7-13(22)8-25-21(17)32-2/h3-10,27H,1-2H3. The molecule has 0 bridgehead atoms. The van der Waals surface area contributed by atoms with Gasteiger partial charge in [0, 0.05) is 30.4 Å². The van der Waals surface area contributed by atoms with Gasteiger partial charge in [-0.3, -0.25) is 9.52 Å². The Morgan fingerprint density at radius 3 is 2.64 bits per heavy atom. The quantitative estimate of drug-likeness (QED) is 0.373. The van der Waals surface area contributed by atoms with E-state index in [1.165, 1.54) is 38.7 Å². The molecule has 0 aliphatic rings. The molecule has 3 heterocycles. The summed E-state index contributed by atoms with van der Waals surface area (Å²) in [6.07, 6.45) is 4.21. The van der Waals surface area contributed by atoms with Crippen LogP contribution >= 0.6 is 23.2 Å². The van der Waals surface area contributed by atoms with E-state index in [-0.39, 0.29) is 43.5 Å². The molecule has 0 amide bonds. The molecule has 0 radical (unpaired) electrons. The summed E-state index contributed by atoms with van der Waals surface area (Å²) in [5.41, 5.74) is 1.07. The summed E-state index contributed by atoms with van der Waals surface area (Å²) in [4.78, 5) is 19.3. The molecule has 8 nitrogen and oxygen atoms in total. The summed E-state index contributed by atoms with van der Waals surface area (Å²) < 4.78 is 49.6. The van der Waals surface area contributed by atoms with Gasteiger partial charge in [-0.15, -0.1) is 0 Å². The largest absolute Gasteiger partial charge is 0.480 e. The number of ketones is 1. The topological polar surface area (TPSA) is 103 Å². The van der Waals surface area contributed by atoms with E-state index in [4.69, 9.17) is 27.9 Å². The molecule has 1 N–H and O–H groups in total. The van der Waals surface area contributed by atoms with E-state index < -0.39 is 15.8 Å². The summed E-state index contributed by atoms with van der Waals surface area (Å²) in [7, 11) is -2.97. The SMILES string of the molecule is COc1ncc(Cl)cc1S(=O)(=O)Nc1ccc(F)c(-c2ccc3c(C(C)=O)ncn3c2)c1Cl. The summed E-state index contributed by atoms with van der Waals surface area (Å²) in [5, 5.41) is -0.0839. The number of Topliss-reactive ketones (excluding diaryl/α,β-unsaturated/α-hetero) is 1. The van der Waals surface area contributed by atoms with Crippen LogP contribution in [-0.4, -0.2) is 35.7 Å². The van der Waals surface area contributed by atoms with Gasteiger partial charge in [0.2, 0.25) is 5.88 Å². The number of hydrogen-bond donors (Lipinski definition) is 1. The molecular weight excluding hydrogens is 494 g/mol. The van der Waals surface area contributed by atoms with Crippen LogP contribution in [0.5, 0.6) is 5.88 Å². The molecule has 0 spiro atoms. The van der Waals surface area contributed by atoms with Gasteiger partial charge in [0.05, 0.1) is 28.4 Å². The van der Waals surface area contributed by atoms with Crippen LogP contribution in [0.25, 0.3) is 16.6 Å². The number of pyridine rings is 2. The molecule has 33 heavy (non-hydrogen) atoms. The third-order valence-electron chi connectivity index (χ3n) is 4.76. The van der Waals surface area contributed by atoms with Crippen molar-refractivity contribution < 1.29 is 22.3 Å². The zero-order valence-electron chi connectivity index (χ0n) is 17.1. The molecule has 0 saturated heterocycles. The van der Waals surface area contributed by atoms with E-state index >= 15 is 0 Å². The number of rotatable bonds is 6. The fourth-order valence-corrected chi connectivity index (χ4v) is 5.07. The van der Waals surface area contributed by atoms with E-state index in [0.29, 0.717) is 11.1 Å². The number of methoxy groups -OCH3 is 1. The van der Waals surface area contributed by atoms with Gasteiger partial charge in [0.15, 0.2) is 10.7 Å². The third kappa shape index (κ3) is 4.24. The van der Waals surface area contributed by atoms with E-state index in [0.717, 1.165) is 6.07 Å². The number of halogens is 3. The summed E-state index contributed by atoms with van der Waals surface area (Å²) in [6.45, 7) is 1.40. The van der Waals surface area contributed by atoms with E-state index in [9.17, 15) is 17.6 Å². The first-order valence-electron chi connectivity index (χ1n) is 9.30. The number of nitrogens with one attached hydrogen (secondary N) is 1. The minimum atomic E-state index is -4.24. The maximum Gasteiger partial charge on any atom is 0.267 e. The number of imidazole rings is 1. The molecular formula is C21H15Cl2FN4O4S. The fraction of sp³-hybridized carbons (Fsp3) is 0.0952. The number of nitrogens with zero attached hydrogens (tertiary/aromatic N) is 3. The highest BCUT2D eigenvalue weighted by atomic mass is 35.5. The van der Waals surface area contributed by atoms with Crippen LogP contribution in [0.1, 0.15) is 17.4 Å². The molecule has 0 aliphatic heterocycles. The Labute approximate surface area is 198 Å². The Morgan fingerprint density at radius 2 is 1.94 bits per heavy atom. The number of carbonyl (C=O) groups excluding carboxylic acids is 1. The van der Waals surface area contributed by atoms with Crippen molar-refractivity contribution >= 4 is 50.2 Å². The Kier molecular flexibility index (Phi) is 6.00. The van der Waals surface area contributed by atoms with Crippen molar-refractivity contribution in [1.82, 2.24) is 14.4 Å². The van der Waals surface area contributed by atoms with Gasteiger partial charge in [-0.05, 0) is 24.3 Å². The predicted octanol–water partition coefficient (Wildman–Crippen LogP) is 4.85. The van der Waals surface area contributed by atoms with Crippen molar-refractivity contribution in [3.63, 3.8) is 0 Å². The van der Waals surface area contributed by atoms with Crippen LogP contribution in [0.2, 0.25) is 10.0 Å². The van der Waals surface area contributed by atoms with Crippen molar-refractivity contribution in [2.75, 3.05) is 11.8 Å². The number of benzene rings is 1. The second-order valence-corrected chi connectivity index (χ2v) is 9.38. The van der Waals surface area contributed by atoms with Crippen molar-refractivity contribution in [1.29, 1.82) is 0 Å². The highest BCUT2D eigenvalue weighted by Gasteiger charge is 2.24. The molecule has 0 unspecified atom stereocenters. The maximum absolute atomic E-state index is 14.8. The smallest absolute Gasteiger partial charge is 0.267 e. The van der Waals surface area contributed by atoms with Crippen LogP contribution in [0.3, 0.4) is 0 Å². The molecule has 0 saturated carbocycles. The van der Waals surface area contributed by atoms with Crippen molar-refractivity contribution in [3.8, 4) is 17.0 Å². The summed E-state index contributed by atoms with van der Waals surface area (Å²) in [6, 6.07) is 6.64. The lowest BCUT2D eigenvalue weighted by Gasteiger charge is -2.15. The molecule has 4 rings (SSSR count). The van der Waals surface area contributed by atoms with Crippen LogP contribution in [0.15, 0.2) is 53.9 Å². The zero-order valence-corrected chi connectivity index (χ0v) is 19.5. The van der Waals surface area contributed by atoms with Gasteiger partial charge in [0.25, 0.3) is 10.0 Å². The van der Waals surface area contributed by atoms with Crippen LogP contribution < -0.4 is 9.46 Å². The lowest BCUT2D eigenvalue weighted by molar-refractivity contribution is 0.101. The van der Waals surface area contributed by atoms with Gasteiger partial charge < -0.3 is 9.14 Å². The number of aromatic nitrogens is 3. The minimum absolute atomic E-state index is 0.0342. The maximum atomic E-state index is 14.8. The summed E-state index contributed by atoms with van der Waals surface area (Å²) in [5.74, 6) is -1.05. The number of ether oxygens (including phenoxy) is 1. The van der Waals surface area contributed by atoms with Gasteiger partial charge in [0.1, 0.15) is 17.8 Å². The average molecular weight is 509 g/mol. The summed E-state index contributed by atoms with van der Waals surface area (Å²) >= 11 is 12.3. The molecule has 0 atom stereocenters. The van der Waals surface area contributed by atoms with Gasteiger partial charge in [-0.2, -0.15) is 0 Å². The first-order chi connectivity index (χ1) is 15.6. The number of fused-ring (bicyclic) bond motifs is 1. The monoisotopic (exact) mass is 508 g/mol. The average Bonchev–Trinajstić information content (AvgIpc) is 3.19. The first kappa shape index (κ1) is 23.0. The Morgan fingerprint density at radius 1 is 1.18 bits per heavy atom. The Hall–Kier alpha value is -3.21. The number of anilines is 1. The fourth-order valence-electron chi connectivity index (χ4n) is 3.27. The molecule has 170 valence electrons. The van der Waals surface area contributed by atoms with E-state index in [1.807, 2.05) is 0 Å². The molecule has 12 heteroatoms. The predicted molar refractivity (Wildman–Crippen MR) is 122 cm³/mol. The highest BCUT2D eigenvalue weighted by molar-refractivity contribution is 7.92. The Bertz CT molecular complexity index is 1520. The van der Waals surface area contributed by atoms with E-state index in [1.54, 1.807) is 22.7 Å². The molecule has 4 aromatic rings.